The Kier molecular flexibility index (Phi) is 2.96. The zero-order valence-corrected chi connectivity index (χ0v) is 7.76. The summed E-state index contributed by atoms with van der Waals surface area (Å²) in [5, 5.41) is 0. The van der Waals surface area contributed by atoms with E-state index in [-0.39, 0.29) is 17.7 Å². The van der Waals surface area contributed by atoms with Gasteiger partial charge in [0.2, 0.25) is 0 Å². The zero-order chi connectivity index (χ0) is 10.8. The van der Waals surface area contributed by atoms with E-state index in [1.165, 1.54) is 24.3 Å². The number of rotatable bonds is 3. The highest BCUT2D eigenvalue weighted by atomic mass is 19.3. The molecule has 0 aliphatic carbocycles. The fraction of sp³-hybridized carbons (Fsp3) is 0.300. The van der Waals surface area contributed by atoms with E-state index < -0.39 is 11.7 Å². The summed E-state index contributed by atoms with van der Waals surface area (Å²) in [6.07, 6.45) is 0. The zero-order valence-electron chi connectivity index (χ0n) is 7.76. The summed E-state index contributed by atoms with van der Waals surface area (Å²) in [6.45, 7) is 0.503. The maximum atomic E-state index is 13.0. The average molecular weight is 199 g/mol. The van der Waals surface area contributed by atoms with Gasteiger partial charge in [-0.1, -0.05) is 24.3 Å². The third-order valence-electron chi connectivity index (χ3n) is 1.89. The molecule has 0 unspecified atom stereocenters. The van der Waals surface area contributed by atoms with Gasteiger partial charge in [0.1, 0.15) is 0 Å². The molecule has 1 aromatic rings. The third kappa shape index (κ3) is 2.14. The van der Waals surface area contributed by atoms with Crippen LogP contribution in [0.25, 0.3) is 0 Å². The van der Waals surface area contributed by atoms with Gasteiger partial charge < -0.3 is 5.73 Å². The molecule has 0 atom stereocenters. The predicted molar refractivity (Wildman–Crippen MR) is 49.4 cm³/mol. The SMILES string of the molecule is CC(F)(F)c1ccccc1C(=O)CN. The Balaban J connectivity index is 3.23. The van der Waals surface area contributed by atoms with Crippen molar-refractivity contribution in [2.24, 2.45) is 5.73 Å². The summed E-state index contributed by atoms with van der Waals surface area (Å²) in [5.74, 6) is -3.48. The van der Waals surface area contributed by atoms with Crippen LogP contribution in [0, 0.1) is 0 Å². The monoisotopic (exact) mass is 199 g/mol. The molecule has 14 heavy (non-hydrogen) atoms. The third-order valence-corrected chi connectivity index (χ3v) is 1.89. The molecular formula is C10H11F2NO. The summed E-state index contributed by atoms with van der Waals surface area (Å²) >= 11 is 0. The van der Waals surface area contributed by atoms with E-state index in [0.29, 0.717) is 0 Å². The van der Waals surface area contributed by atoms with Crippen LogP contribution < -0.4 is 5.73 Å². The number of carbonyl (C=O) groups excluding carboxylic acids is 1. The minimum absolute atomic E-state index is 0.00231. The molecule has 0 radical (unpaired) electrons. The van der Waals surface area contributed by atoms with Crippen molar-refractivity contribution in [3.63, 3.8) is 0 Å². The average Bonchev–Trinajstić information content (AvgIpc) is 2.15. The Morgan fingerprint density at radius 1 is 1.43 bits per heavy atom. The van der Waals surface area contributed by atoms with Crippen molar-refractivity contribution in [1.82, 2.24) is 0 Å². The van der Waals surface area contributed by atoms with Crippen molar-refractivity contribution >= 4 is 5.78 Å². The van der Waals surface area contributed by atoms with Crippen LogP contribution in [0.15, 0.2) is 24.3 Å². The Morgan fingerprint density at radius 3 is 2.50 bits per heavy atom. The first-order valence-corrected chi connectivity index (χ1v) is 4.17. The maximum Gasteiger partial charge on any atom is 0.271 e. The van der Waals surface area contributed by atoms with Gasteiger partial charge in [-0.15, -0.1) is 0 Å². The highest BCUT2D eigenvalue weighted by molar-refractivity contribution is 5.99. The second-order valence-corrected chi connectivity index (χ2v) is 3.06. The van der Waals surface area contributed by atoms with Gasteiger partial charge in [-0.3, -0.25) is 4.79 Å². The standard InChI is InChI=1S/C10H11F2NO/c1-10(11,12)8-5-3-2-4-7(8)9(14)6-13/h2-5H,6,13H2,1H3. The van der Waals surface area contributed by atoms with Crippen LogP contribution in [0.5, 0.6) is 0 Å². The molecule has 0 aromatic heterocycles. The van der Waals surface area contributed by atoms with Gasteiger partial charge in [-0.2, -0.15) is 0 Å². The van der Waals surface area contributed by atoms with Gasteiger partial charge in [-0.05, 0) is 0 Å². The van der Waals surface area contributed by atoms with Crippen molar-refractivity contribution in [2.45, 2.75) is 12.8 Å². The quantitative estimate of drug-likeness (QED) is 0.756. The highest BCUT2D eigenvalue weighted by Crippen LogP contribution is 2.29. The number of ketones is 1. The predicted octanol–water partition coefficient (Wildman–Crippen LogP) is 1.94. The van der Waals surface area contributed by atoms with Crippen LogP contribution in [0.1, 0.15) is 22.8 Å². The van der Waals surface area contributed by atoms with Crippen molar-refractivity contribution in [1.29, 1.82) is 0 Å². The van der Waals surface area contributed by atoms with Gasteiger partial charge in [-0.25, -0.2) is 8.78 Å². The molecule has 0 aliphatic rings. The smallest absolute Gasteiger partial charge is 0.271 e. The molecule has 0 heterocycles. The molecule has 1 aromatic carbocycles. The van der Waals surface area contributed by atoms with Crippen LogP contribution in [0.2, 0.25) is 0 Å². The number of halogens is 2. The maximum absolute atomic E-state index is 13.0. The molecule has 76 valence electrons. The lowest BCUT2D eigenvalue weighted by Gasteiger charge is -2.14. The highest BCUT2D eigenvalue weighted by Gasteiger charge is 2.28. The van der Waals surface area contributed by atoms with Crippen molar-refractivity contribution in [2.75, 3.05) is 6.54 Å². The summed E-state index contributed by atoms with van der Waals surface area (Å²) < 4.78 is 26.0. The van der Waals surface area contributed by atoms with Gasteiger partial charge >= 0.3 is 0 Å². The van der Waals surface area contributed by atoms with Crippen molar-refractivity contribution in [3.8, 4) is 0 Å². The molecule has 0 spiro atoms. The second kappa shape index (κ2) is 3.84. The van der Waals surface area contributed by atoms with Gasteiger partial charge in [0.15, 0.2) is 5.78 Å². The molecule has 4 heteroatoms. The number of hydrogen-bond acceptors (Lipinski definition) is 2. The lowest BCUT2D eigenvalue weighted by atomic mass is 9.99. The largest absolute Gasteiger partial charge is 0.324 e. The van der Waals surface area contributed by atoms with E-state index in [4.69, 9.17) is 5.73 Å². The minimum Gasteiger partial charge on any atom is -0.324 e. The van der Waals surface area contributed by atoms with Crippen molar-refractivity contribution in [3.05, 3.63) is 35.4 Å². The molecule has 0 amide bonds. The van der Waals surface area contributed by atoms with Gasteiger partial charge in [0.25, 0.3) is 5.92 Å². The molecule has 2 N–H and O–H groups in total. The van der Waals surface area contributed by atoms with Crippen LogP contribution in [-0.2, 0) is 5.92 Å². The molecule has 0 bridgehead atoms. The van der Waals surface area contributed by atoms with E-state index in [1.807, 2.05) is 0 Å². The normalized spacial score (nSPS) is 11.4. The van der Waals surface area contributed by atoms with Crippen LogP contribution >= 0.6 is 0 Å². The first kappa shape index (κ1) is 10.8. The van der Waals surface area contributed by atoms with E-state index in [2.05, 4.69) is 0 Å². The van der Waals surface area contributed by atoms with Gasteiger partial charge in [0, 0.05) is 18.1 Å². The Bertz CT molecular complexity index is 344. The van der Waals surface area contributed by atoms with Crippen molar-refractivity contribution < 1.29 is 13.6 Å². The first-order chi connectivity index (χ1) is 6.46. The summed E-state index contributed by atoms with van der Waals surface area (Å²) in [7, 11) is 0. The number of alkyl halides is 2. The number of benzene rings is 1. The fourth-order valence-electron chi connectivity index (χ4n) is 1.22. The lowest BCUT2D eigenvalue weighted by Crippen LogP contribution is -2.19. The number of carbonyl (C=O) groups is 1. The van der Waals surface area contributed by atoms with Crippen LogP contribution in [0.4, 0.5) is 8.78 Å². The summed E-state index contributed by atoms with van der Waals surface area (Å²) in [5.41, 5.74) is 4.86. The molecule has 1 rings (SSSR count). The Hall–Kier alpha value is -1.29. The molecule has 0 saturated carbocycles. The number of hydrogen-bond donors (Lipinski definition) is 1. The van der Waals surface area contributed by atoms with E-state index >= 15 is 0 Å². The van der Waals surface area contributed by atoms with Gasteiger partial charge in [0.05, 0.1) is 6.54 Å². The van der Waals surface area contributed by atoms with E-state index in [0.717, 1.165) is 6.92 Å². The van der Waals surface area contributed by atoms with Crippen LogP contribution in [-0.4, -0.2) is 12.3 Å². The molecule has 0 saturated heterocycles. The summed E-state index contributed by atoms with van der Waals surface area (Å²) in [6, 6.07) is 5.61. The Labute approximate surface area is 80.7 Å². The lowest BCUT2D eigenvalue weighted by molar-refractivity contribution is 0.0165. The topological polar surface area (TPSA) is 43.1 Å². The van der Waals surface area contributed by atoms with E-state index in [9.17, 15) is 13.6 Å². The second-order valence-electron chi connectivity index (χ2n) is 3.06. The fourth-order valence-corrected chi connectivity index (χ4v) is 1.22. The first-order valence-electron chi connectivity index (χ1n) is 4.17. The number of Topliss-reactive ketones (excluding diaryl/α,β-unsaturated/α-hetero) is 1. The molecule has 0 aliphatic heterocycles. The van der Waals surface area contributed by atoms with E-state index in [1.54, 1.807) is 0 Å². The molecule has 2 nitrogen and oxygen atoms in total. The van der Waals surface area contributed by atoms with Crippen LogP contribution in [0.3, 0.4) is 0 Å². The number of nitrogens with two attached hydrogens (primary N) is 1. The minimum atomic E-state index is -3.01. The molecule has 0 fully saturated rings. The summed E-state index contributed by atoms with van der Waals surface area (Å²) in [4.78, 5) is 11.2. The Morgan fingerprint density at radius 2 is 2.00 bits per heavy atom. The molecular weight excluding hydrogens is 188 g/mol.